The summed E-state index contributed by atoms with van der Waals surface area (Å²) in [5, 5.41) is 0. The van der Waals surface area contributed by atoms with Gasteiger partial charge in [-0.25, -0.2) is 0 Å². The van der Waals surface area contributed by atoms with Gasteiger partial charge in [0.1, 0.15) is 12.2 Å². The molecule has 12 atom stereocenters. The number of ether oxygens (including phenoxy) is 3. The minimum absolute atomic E-state index is 0.00890. The second kappa shape index (κ2) is 5.68. The first kappa shape index (κ1) is 17.8. The maximum atomic E-state index is 12.9. The summed E-state index contributed by atoms with van der Waals surface area (Å²) in [7, 11) is 1.31. The SMILES string of the molecule is COC(=O)C12CC3CC1C(OC2=O)C3OC(=O)CC1CC2CC1C1C3C=CC(C3)C21. The molecule has 0 radical (unpaired) electrons. The maximum absolute atomic E-state index is 12.9. The summed E-state index contributed by atoms with van der Waals surface area (Å²) in [4.78, 5) is 37.8. The highest BCUT2D eigenvalue weighted by atomic mass is 16.6. The fourth-order valence-corrected chi connectivity index (χ4v) is 9.42. The second-order valence-corrected chi connectivity index (χ2v) is 11.1. The van der Waals surface area contributed by atoms with Crippen LogP contribution in [-0.4, -0.2) is 37.2 Å². The smallest absolute Gasteiger partial charge is 0.324 e. The van der Waals surface area contributed by atoms with Gasteiger partial charge in [0, 0.05) is 18.3 Å². The molecule has 160 valence electrons. The first-order valence-electron chi connectivity index (χ1n) is 11.7. The highest BCUT2D eigenvalue weighted by molar-refractivity contribution is 6.03. The third kappa shape index (κ3) is 1.95. The molecular formula is C24H28O6. The van der Waals surface area contributed by atoms with Gasteiger partial charge in [-0.05, 0) is 73.5 Å². The molecule has 1 saturated heterocycles. The molecule has 0 aromatic carbocycles. The van der Waals surface area contributed by atoms with Crippen molar-refractivity contribution in [3.63, 3.8) is 0 Å². The number of rotatable bonds is 4. The van der Waals surface area contributed by atoms with Crippen molar-refractivity contribution in [3.05, 3.63) is 12.2 Å². The van der Waals surface area contributed by atoms with Crippen molar-refractivity contribution in [2.24, 2.45) is 58.7 Å². The summed E-state index contributed by atoms with van der Waals surface area (Å²) in [6, 6.07) is 0. The van der Waals surface area contributed by atoms with E-state index in [1.54, 1.807) is 0 Å². The molecular weight excluding hydrogens is 384 g/mol. The van der Waals surface area contributed by atoms with Crippen LogP contribution in [0.3, 0.4) is 0 Å². The predicted octanol–water partition coefficient (Wildman–Crippen LogP) is 2.51. The van der Waals surface area contributed by atoms with Crippen LogP contribution >= 0.6 is 0 Å². The number of carbonyl (C=O) groups is 3. The first-order valence-corrected chi connectivity index (χ1v) is 11.7. The normalized spacial score (nSPS) is 55.2. The van der Waals surface area contributed by atoms with E-state index in [9.17, 15) is 14.4 Å². The molecule has 0 amide bonds. The Morgan fingerprint density at radius 1 is 1.10 bits per heavy atom. The van der Waals surface area contributed by atoms with Crippen LogP contribution in [0.5, 0.6) is 0 Å². The highest BCUT2D eigenvalue weighted by Crippen LogP contribution is 2.67. The van der Waals surface area contributed by atoms with Gasteiger partial charge in [-0.1, -0.05) is 12.2 Å². The Balaban J connectivity index is 1.03. The summed E-state index contributed by atoms with van der Waals surface area (Å²) < 4.78 is 16.4. The molecule has 5 saturated carbocycles. The monoisotopic (exact) mass is 412 g/mol. The van der Waals surface area contributed by atoms with E-state index in [0.29, 0.717) is 31.1 Å². The second-order valence-electron chi connectivity index (χ2n) is 11.1. The minimum atomic E-state index is -1.16. The Kier molecular flexibility index (Phi) is 3.37. The minimum Gasteiger partial charge on any atom is -0.468 e. The average molecular weight is 412 g/mol. The lowest BCUT2D eigenvalue weighted by Crippen LogP contribution is -2.45. The van der Waals surface area contributed by atoms with Crippen molar-refractivity contribution in [2.75, 3.05) is 7.11 Å². The Labute approximate surface area is 175 Å². The lowest BCUT2D eigenvalue weighted by Gasteiger charge is -2.36. The molecule has 6 heteroatoms. The van der Waals surface area contributed by atoms with Gasteiger partial charge in [-0.3, -0.25) is 14.4 Å². The van der Waals surface area contributed by atoms with Gasteiger partial charge in [-0.2, -0.15) is 0 Å². The van der Waals surface area contributed by atoms with Crippen LogP contribution in [0.1, 0.15) is 38.5 Å². The van der Waals surface area contributed by atoms with Crippen LogP contribution in [0.4, 0.5) is 0 Å². The summed E-state index contributed by atoms with van der Waals surface area (Å²) in [6.07, 6.45) is 9.34. The predicted molar refractivity (Wildman–Crippen MR) is 102 cm³/mol. The van der Waals surface area contributed by atoms with Gasteiger partial charge >= 0.3 is 17.9 Å². The Morgan fingerprint density at radius 2 is 1.90 bits per heavy atom. The molecule has 0 N–H and O–H groups in total. The van der Waals surface area contributed by atoms with E-state index in [-0.39, 0.29) is 17.8 Å². The van der Waals surface area contributed by atoms with Gasteiger partial charge in [-0.15, -0.1) is 0 Å². The van der Waals surface area contributed by atoms with Gasteiger partial charge in [0.2, 0.25) is 0 Å². The van der Waals surface area contributed by atoms with E-state index in [0.717, 1.165) is 29.6 Å². The zero-order valence-electron chi connectivity index (χ0n) is 17.2. The number of carbonyl (C=O) groups excluding carboxylic acids is 3. The molecule has 12 unspecified atom stereocenters. The quantitative estimate of drug-likeness (QED) is 0.232. The van der Waals surface area contributed by atoms with Crippen LogP contribution in [0, 0.1) is 58.7 Å². The van der Waals surface area contributed by atoms with E-state index in [1.807, 2.05) is 0 Å². The lowest BCUT2D eigenvalue weighted by atomic mass is 9.69. The number of allylic oxidation sites excluding steroid dienone is 2. The van der Waals surface area contributed by atoms with Crippen molar-refractivity contribution in [1.29, 1.82) is 0 Å². The number of fused-ring (bicyclic) bond motifs is 10. The van der Waals surface area contributed by atoms with Gasteiger partial charge in [0.05, 0.1) is 7.11 Å². The molecule has 6 fully saturated rings. The summed E-state index contributed by atoms with van der Waals surface area (Å²) in [5.41, 5.74) is -1.16. The van der Waals surface area contributed by atoms with Crippen LogP contribution in [-0.2, 0) is 28.6 Å². The standard InChI is InChI=1S/C24H28O6/c1-28-22(26)24-9-14-7-16(24)21(30-23(24)27)20(14)29-17(25)8-12-5-13-6-15(12)19-11-3-2-10(4-11)18(13)19/h2-3,10-16,18-21H,4-9H2,1H3. The van der Waals surface area contributed by atoms with Gasteiger partial charge in [0.25, 0.3) is 0 Å². The third-order valence-corrected chi connectivity index (χ3v) is 10.2. The van der Waals surface area contributed by atoms with Crippen LogP contribution in [0.25, 0.3) is 0 Å². The molecule has 6 nitrogen and oxygen atoms in total. The molecule has 1 heterocycles. The number of esters is 3. The Bertz CT molecular complexity index is 879. The maximum Gasteiger partial charge on any atom is 0.324 e. The molecule has 7 aliphatic rings. The lowest BCUT2D eigenvalue weighted by molar-refractivity contribution is -0.164. The third-order valence-electron chi connectivity index (χ3n) is 10.2. The van der Waals surface area contributed by atoms with E-state index in [2.05, 4.69) is 12.2 Å². The van der Waals surface area contributed by atoms with Crippen molar-refractivity contribution < 1.29 is 28.6 Å². The zero-order chi connectivity index (χ0) is 20.4. The van der Waals surface area contributed by atoms with Crippen molar-refractivity contribution >= 4 is 17.9 Å². The van der Waals surface area contributed by atoms with Crippen molar-refractivity contribution in [3.8, 4) is 0 Å². The Morgan fingerprint density at radius 3 is 2.70 bits per heavy atom. The number of methoxy groups -OCH3 is 1. The zero-order valence-corrected chi connectivity index (χ0v) is 17.2. The molecule has 0 aromatic rings. The molecule has 30 heavy (non-hydrogen) atoms. The fourth-order valence-electron chi connectivity index (χ4n) is 9.42. The molecule has 1 aliphatic heterocycles. The molecule has 6 aliphatic carbocycles. The Hall–Kier alpha value is -1.85. The van der Waals surface area contributed by atoms with E-state index < -0.39 is 29.6 Å². The molecule has 0 aromatic heterocycles. The fraction of sp³-hybridized carbons (Fsp3) is 0.792. The van der Waals surface area contributed by atoms with E-state index in [1.165, 1.54) is 26.4 Å². The van der Waals surface area contributed by atoms with Gasteiger partial charge < -0.3 is 14.2 Å². The van der Waals surface area contributed by atoms with Crippen LogP contribution in [0.2, 0.25) is 0 Å². The van der Waals surface area contributed by atoms with Crippen LogP contribution < -0.4 is 0 Å². The number of hydrogen-bond acceptors (Lipinski definition) is 6. The average Bonchev–Trinajstić information content (AvgIpc) is 3.54. The summed E-state index contributed by atoms with van der Waals surface area (Å²) >= 11 is 0. The van der Waals surface area contributed by atoms with Crippen molar-refractivity contribution in [2.45, 2.75) is 50.7 Å². The molecule has 0 spiro atoms. The topological polar surface area (TPSA) is 78.9 Å². The number of hydrogen-bond donors (Lipinski definition) is 0. The van der Waals surface area contributed by atoms with Crippen LogP contribution in [0.15, 0.2) is 12.2 Å². The van der Waals surface area contributed by atoms with Crippen molar-refractivity contribution in [1.82, 2.24) is 0 Å². The first-order chi connectivity index (χ1) is 14.5. The summed E-state index contributed by atoms with van der Waals surface area (Å²) in [6.45, 7) is 0. The largest absolute Gasteiger partial charge is 0.468 e. The van der Waals surface area contributed by atoms with E-state index >= 15 is 0 Å². The van der Waals surface area contributed by atoms with Gasteiger partial charge in [0.15, 0.2) is 5.41 Å². The highest BCUT2D eigenvalue weighted by Gasteiger charge is 2.75. The molecule has 7 rings (SSSR count). The molecule has 6 bridgehead atoms. The van der Waals surface area contributed by atoms with E-state index in [4.69, 9.17) is 14.2 Å². The summed E-state index contributed by atoms with van der Waals surface area (Å²) in [5.74, 6) is 3.75.